The number of nitrogens with one attached hydrogen (secondary N) is 3. The number of aromatic nitrogens is 2. The van der Waals surface area contributed by atoms with Gasteiger partial charge in [0, 0.05) is 16.8 Å². The van der Waals surface area contributed by atoms with Crippen LogP contribution < -0.4 is 10.0 Å². The van der Waals surface area contributed by atoms with Gasteiger partial charge in [-0.15, -0.1) is 0 Å². The molecule has 0 aliphatic rings. The number of rotatable bonds is 6. The Hall–Kier alpha value is -4.50. The van der Waals surface area contributed by atoms with Gasteiger partial charge < -0.3 is 10.3 Å². The van der Waals surface area contributed by atoms with Gasteiger partial charge in [0.05, 0.1) is 21.6 Å². The molecule has 1 amide bonds. The second-order valence-corrected chi connectivity index (χ2v) is 9.42. The summed E-state index contributed by atoms with van der Waals surface area (Å²) in [5.74, 6) is -0.343. The van der Waals surface area contributed by atoms with Gasteiger partial charge in [-0.05, 0) is 66.7 Å². The Morgan fingerprint density at radius 2 is 1.60 bits per heavy atom. The standard InChI is InChI=1S/C26H19FN4O3S/c27-18-12-14-20(15-13-18)35(33,34)31-19-7-5-6-17(16-19)26(32)30-22-9-2-1-8-21(22)25-28-23-10-3-4-11-24(23)29-25/h1-16,31H,(H,28,29)(H,30,32). The molecule has 0 fully saturated rings. The van der Waals surface area contributed by atoms with E-state index in [0.717, 1.165) is 23.2 Å². The van der Waals surface area contributed by atoms with E-state index in [1.165, 1.54) is 24.3 Å². The van der Waals surface area contributed by atoms with Crippen LogP contribution in [0.5, 0.6) is 0 Å². The molecule has 0 unspecified atom stereocenters. The zero-order valence-electron chi connectivity index (χ0n) is 18.2. The van der Waals surface area contributed by atoms with Gasteiger partial charge >= 0.3 is 0 Å². The topological polar surface area (TPSA) is 104 Å². The number of imidazole rings is 1. The van der Waals surface area contributed by atoms with Crippen LogP contribution in [-0.2, 0) is 10.0 Å². The van der Waals surface area contributed by atoms with Crippen molar-refractivity contribution in [1.82, 2.24) is 9.97 Å². The second kappa shape index (κ2) is 9.03. The third-order valence-electron chi connectivity index (χ3n) is 5.32. The van der Waals surface area contributed by atoms with E-state index < -0.39 is 21.7 Å². The van der Waals surface area contributed by atoms with Crippen LogP contribution in [0.2, 0.25) is 0 Å². The number of halogens is 1. The maximum atomic E-state index is 13.1. The Balaban J connectivity index is 1.39. The highest BCUT2D eigenvalue weighted by Crippen LogP contribution is 2.28. The van der Waals surface area contributed by atoms with E-state index in [2.05, 4.69) is 20.0 Å². The molecule has 35 heavy (non-hydrogen) atoms. The third kappa shape index (κ3) is 4.75. The summed E-state index contributed by atoms with van der Waals surface area (Å²) in [7, 11) is -3.95. The van der Waals surface area contributed by atoms with Gasteiger partial charge in [0.1, 0.15) is 11.6 Å². The Morgan fingerprint density at radius 3 is 2.40 bits per heavy atom. The van der Waals surface area contributed by atoms with E-state index in [-0.39, 0.29) is 16.1 Å². The van der Waals surface area contributed by atoms with Crippen LogP contribution in [-0.4, -0.2) is 24.3 Å². The Morgan fingerprint density at radius 1 is 0.857 bits per heavy atom. The zero-order chi connectivity index (χ0) is 24.4. The largest absolute Gasteiger partial charge is 0.338 e. The third-order valence-corrected chi connectivity index (χ3v) is 6.72. The quantitative estimate of drug-likeness (QED) is 0.298. The number of fused-ring (bicyclic) bond motifs is 1. The van der Waals surface area contributed by atoms with Crippen LogP contribution in [0.4, 0.5) is 15.8 Å². The van der Waals surface area contributed by atoms with Crippen LogP contribution in [0.1, 0.15) is 10.4 Å². The SMILES string of the molecule is O=C(Nc1ccccc1-c1nc2ccccc2[nH]1)c1cccc(NS(=O)(=O)c2ccc(F)cc2)c1. The van der Waals surface area contributed by atoms with Crippen LogP contribution in [0.25, 0.3) is 22.4 Å². The van der Waals surface area contributed by atoms with Crippen molar-refractivity contribution in [2.75, 3.05) is 10.0 Å². The first-order chi connectivity index (χ1) is 16.9. The number of amides is 1. The predicted octanol–water partition coefficient (Wildman–Crippen LogP) is 5.42. The highest BCUT2D eigenvalue weighted by molar-refractivity contribution is 7.92. The average Bonchev–Trinajstić information content (AvgIpc) is 3.29. The predicted molar refractivity (Wildman–Crippen MR) is 133 cm³/mol. The molecular formula is C26H19FN4O3S. The molecular weight excluding hydrogens is 467 g/mol. The molecule has 7 nitrogen and oxygen atoms in total. The minimum absolute atomic E-state index is 0.0893. The smallest absolute Gasteiger partial charge is 0.261 e. The summed E-state index contributed by atoms with van der Waals surface area (Å²) >= 11 is 0. The number of hydrogen-bond donors (Lipinski definition) is 3. The Labute approximate surface area is 200 Å². The van der Waals surface area contributed by atoms with E-state index in [4.69, 9.17) is 0 Å². The van der Waals surface area contributed by atoms with Crippen molar-refractivity contribution in [2.24, 2.45) is 0 Å². The highest BCUT2D eigenvalue weighted by atomic mass is 32.2. The molecule has 9 heteroatoms. The Bertz CT molecular complexity index is 1610. The number of anilines is 2. The van der Waals surface area contributed by atoms with Crippen LogP contribution in [0.3, 0.4) is 0 Å². The van der Waals surface area contributed by atoms with Gasteiger partial charge in [-0.25, -0.2) is 17.8 Å². The molecule has 0 saturated heterocycles. The molecule has 0 bridgehead atoms. The van der Waals surface area contributed by atoms with Crippen molar-refractivity contribution in [2.45, 2.75) is 4.90 Å². The molecule has 4 aromatic carbocycles. The fraction of sp³-hybridized carbons (Fsp3) is 0. The van der Waals surface area contributed by atoms with Crippen molar-refractivity contribution < 1.29 is 17.6 Å². The molecule has 0 spiro atoms. The van der Waals surface area contributed by atoms with Crippen molar-refractivity contribution in [3.8, 4) is 11.4 Å². The van der Waals surface area contributed by atoms with Crippen molar-refractivity contribution in [1.29, 1.82) is 0 Å². The monoisotopic (exact) mass is 486 g/mol. The molecule has 5 rings (SSSR count). The number of hydrogen-bond acceptors (Lipinski definition) is 4. The van der Waals surface area contributed by atoms with Crippen LogP contribution in [0.15, 0.2) is 102 Å². The summed E-state index contributed by atoms with van der Waals surface area (Å²) in [5.41, 5.74) is 3.41. The van der Waals surface area contributed by atoms with E-state index in [1.807, 2.05) is 36.4 Å². The first kappa shape index (κ1) is 22.3. The highest BCUT2D eigenvalue weighted by Gasteiger charge is 2.17. The minimum atomic E-state index is -3.95. The number of para-hydroxylation sites is 3. The minimum Gasteiger partial charge on any atom is -0.338 e. The molecule has 0 radical (unpaired) electrons. The first-order valence-electron chi connectivity index (χ1n) is 10.6. The van der Waals surface area contributed by atoms with Gasteiger partial charge in [-0.3, -0.25) is 9.52 Å². The van der Waals surface area contributed by atoms with E-state index in [9.17, 15) is 17.6 Å². The molecule has 1 aromatic heterocycles. The van der Waals surface area contributed by atoms with Crippen molar-refractivity contribution in [3.63, 3.8) is 0 Å². The fourth-order valence-corrected chi connectivity index (χ4v) is 4.67. The summed E-state index contributed by atoms with van der Waals surface area (Å²) in [6.45, 7) is 0. The summed E-state index contributed by atoms with van der Waals surface area (Å²) < 4.78 is 40.8. The zero-order valence-corrected chi connectivity index (χ0v) is 19.0. The number of aromatic amines is 1. The van der Waals surface area contributed by atoms with Crippen molar-refractivity contribution in [3.05, 3.63) is 108 Å². The van der Waals surface area contributed by atoms with Crippen molar-refractivity contribution >= 4 is 38.3 Å². The van der Waals surface area contributed by atoms with Gasteiger partial charge in [0.15, 0.2) is 0 Å². The van der Waals surface area contributed by atoms with E-state index in [0.29, 0.717) is 17.1 Å². The number of benzene rings is 4. The van der Waals surface area contributed by atoms with Gasteiger partial charge in [-0.1, -0.05) is 30.3 Å². The maximum Gasteiger partial charge on any atom is 0.261 e. The van der Waals surface area contributed by atoms with Crippen LogP contribution >= 0.6 is 0 Å². The molecule has 1 heterocycles. The van der Waals surface area contributed by atoms with E-state index >= 15 is 0 Å². The lowest BCUT2D eigenvalue weighted by Crippen LogP contribution is -2.15. The number of nitrogens with zero attached hydrogens (tertiary/aromatic N) is 1. The number of carbonyl (C=O) groups excluding carboxylic acids is 1. The first-order valence-corrected chi connectivity index (χ1v) is 12.1. The average molecular weight is 487 g/mol. The molecule has 0 atom stereocenters. The number of carbonyl (C=O) groups is 1. The van der Waals surface area contributed by atoms with Gasteiger partial charge in [-0.2, -0.15) is 0 Å². The molecule has 5 aromatic rings. The lowest BCUT2D eigenvalue weighted by atomic mass is 10.1. The summed E-state index contributed by atoms with van der Waals surface area (Å²) in [6, 6.07) is 25.5. The van der Waals surface area contributed by atoms with Crippen LogP contribution in [0, 0.1) is 5.82 Å². The molecule has 3 N–H and O–H groups in total. The fourth-order valence-electron chi connectivity index (χ4n) is 3.63. The van der Waals surface area contributed by atoms with E-state index in [1.54, 1.807) is 24.3 Å². The molecule has 0 aliphatic heterocycles. The molecule has 174 valence electrons. The molecule has 0 aliphatic carbocycles. The lowest BCUT2D eigenvalue weighted by Gasteiger charge is -2.12. The normalized spacial score (nSPS) is 11.3. The van der Waals surface area contributed by atoms with Gasteiger partial charge in [0.2, 0.25) is 0 Å². The van der Waals surface area contributed by atoms with Gasteiger partial charge in [0.25, 0.3) is 15.9 Å². The summed E-state index contributed by atoms with van der Waals surface area (Å²) in [5, 5.41) is 2.88. The summed E-state index contributed by atoms with van der Waals surface area (Å²) in [6.07, 6.45) is 0. The number of H-pyrrole nitrogens is 1. The summed E-state index contributed by atoms with van der Waals surface area (Å²) in [4.78, 5) is 20.8. The Kier molecular flexibility index (Phi) is 5.76. The maximum absolute atomic E-state index is 13.1. The second-order valence-electron chi connectivity index (χ2n) is 7.74. The lowest BCUT2D eigenvalue weighted by molar-refractivity contribution is 0.102. The molecule has 0 saturated carbocycles. The number of sulfonamides is 1.